The van der Waals surface area contributed by atoms with Crippen LogP contribution in [0.3, 0.4) is 0 Å². The van der Waals surface area contributed by atoms with E-state index in [0.717, 1.165) is 17.4 Å². The van der Waals surface area contributed by atoms with Crippen molar-refractivity contribution in [2.75, 3.05) is 6.26 Å². The molecule has 1 aliphatic carbocycles. The van der Waals surface area contributed by atoms with E-state index in [-0.39, 0.29) is 0 Å². The van der Waals surface area contributed by atoms with Crippen LogP contribution in [0.15, 0.2) is 22.8 Å². The summed E-state index contributed by atoms with van der Waals surface area (Å²) in [5, 5.41) is 4.57. The molecule has 17 heavy (non-hydrogen) atoms. The van der Waals surface area contributed by atoms with Crippen molar-refractivity contribution in [3.8, 4) is 0 Å². The molecule has 1 fully saturated rings. The van der Waals surface area contributed by atoms with Gasteiger partial charge < -0.3 is 9.73 Å². The molecule has 1 saturated carbocycles. The molecule has 1 aliphatic rings. The van der Waals surface area contributed by atoms with Gasteiger partial charge in [-0.3, -0.25) is 0 Å². The molecule has 3 atom stereocenters. The molecule has 96 valence electrons. The highest BCUT2D eigenvalue weighted by Crippen LogP contribution is 2.27. The fourth-order valence-corrected chi connectivity index (χ4v) is 3.67. The highest BCUT2D eigenvalue weighted by Gasteiger charge is 2.25. The lowest BCUT2D eigenvalue weighted by Gasteiger charge is -2.33. The van der Waals surface area contributed by atoms with Crippen LogP contribution in [0.1, 0.15) is 38.4 Å². The normalized spacial score (nSPS) is 26.9. The maximum absolute atomic E-state index is 5.40. The summed E-state index contributed by atoms with van der Waals surface area (Å²) in [5.74, 6) is 1.08. The summed E-state index contributed by atoms with van der Waals surface area (Å²) >= 11 is 2.02. The van der Waals surface area contributed by atoms with Gasteiger partial charge in [-0.2, -0.15) is 11.8 Å². The molecule has 1 aromatic rings. The Morgan fingerprint density at radius 1 is 1.47 bits per heavy atom. The maximum Gasteiger partial charge on any atom is 0.105 e. The molecule has 2 nitrogen and oxygen atoms in total. The van der Waals surface area contributed by atoms with Crippen LogP contribution >= 0.6 is 11.8 Å². The van der Waals surface area contributed by atoms with E-state index in [0.29, 0.717) is 12.1 Å². The van der Waals surface area contributed by atoms with E-state index >= 15 is 0 Å². The van der Waals surface area contributed by atoms with Crippen molar-refractivity contribution in [2.45, 2.75) is 56.4 Å². The Kier molecular flexibility index (Phi) is 4.99. The second-order valence-electron chi connectivity index (χ2n) is 5.02. The highest BCUT2D eigenvalue weighted by atomic mass is 32.2. The van der Waals surface area contributed by atoms with Gasteiger partial charge in [-0.1, -0.05) is 12.8 Å². The van der Waals surface area contributed by atoms with Crippen molar-refractivity contribution in [1.29, 1.82) is 0 Å². The summed E-state index contributed by atoms with van der Waals surface area (Å²) in [7, 11) is 0. The molecule has 3 heteroatoms. The average molecular weight is 253 g/mol. The quantitative estimate of drug-likeness (QED) is 0.870. The number of hydrogen-bond donors (Lipinski definition) is 1. The van der Waals surface area contributed by atoms with Crippen LogP contribution in [-0.2, 0) is 6.42 Å². The molecule has 0 saturated heterocycles. The zero-order valence-electron chi connectivity index (χ0n) is 10.8. The van der Waals surface area contributed by atoms with Crippen LogP contribution in [0.2, 0.25) is 0 Å². The van der Waals surface area contributed by atoms with Gasteiger partial charge in [0.05, 0.1) is 6.26 Å². The molecular formula is C14H23NOS. The van der Waals surface area contributed by atoms with E-state index < -0.39 is 0 Å². The third-order valence-corrected chi connectivity index (χ3v) is 4.76. The van der Waals surface area contributed by atoms with Gasteiger partial charge in [0.15, 0.2) is 0 Å². The zero-order chi connectivity index (χ0) is 12.1. The number of furan rings is 1. The second-order valence-corrected chi connectivity index (χ2v) is 6.09. The van der Waals surface area contributed by atoms with Gasteiger partial charge in [0.1, 0.15) is 5.76 Å². The summed E-state index contributed by atoms with van der Waals surface area (Å²) in [6.07, 6.45) is 10.5. The van der Waals surface area contributed by atoms with Crippen molar-refractivity contribution in [3.05, 3.63) is 24.2 Å². The SMILES string of the molecule is CSC1CCCCC1NC(C)Cc1ccco1. The standard InChI is InChI=1S/C14H23NOS/c1-11(10-12-6-5-9-16-12)15-13-7-3-4-8-14(13)17-2/h5-6,9,11,13-15H,3-4,7-8,10H2,1-2H3. The molecule has 1 heterocycles. The Hall–Kier alpha value is -0.410. The molecule has 0 radical (unpaired) electrons. The predicted molar refractivity (Wildman–Crippen MR) is 74.6 cm³/mol. The van der Waals surface area contributed by atoms with E-state index in [1.807, 2.05) is 17.8 Å². The minimum absolute atomic E-state index is 0.499. The molecule has 0 spiro atoms. The Labute approximate surface area is 109 Å². The minimum atomic E-state index is 0.499. The van der Waals surface area contributed by atoms with Crippen molar-refractivity contribution < 1.29 is 4.42 Å². The lowest BCUT2D eigenvalue weighted by atomic mass is 9.94. The number of rotatable bonds is 5. The molecule has 0 aliphatic heterocycles. The fourth-order valence-electron chi connectivity index (χ4n) is 2.72. The average Bonchev–Trinajstić information content (AvgIpc) is 2.82. The smallest absolute Gasteiger partial charge is 0.105 e. The van der Waals surface area contributed by atoms with Crippen molar-refractivity contribution in [3.63, 3.8) is 0 Å². The molecular weight excluding hydrogens is 230 g/mol. The summed E-state index contributed by atoms with van der Waals surface area (Å²) < 4.78 is 5.40. The van der Waals surface area contributed by atoms with Crippen molar-refractivity contribution in [2.24, 2.45) is 0 Å². The predicted octanol–water partition coefficient (Wildman–Crippen LogP) is 3.47. The molecule has 0 amide bonds. The van der Waals surface area contributed by atoms with E-state index in [2.05, 4.69) is 24.6 Å². The highest BCUT2D eigenvalue weighted by molar-refractivity contribution is 7.99. The van der Waals surface area contributed by atoms with E-state index in [1.165, 1.54) is 25.7 Å². The fraction of sp³-hybridized carbons (Fsp3) is 0.714. The third kappa shape index (κ3) is 3.78. The minimum Gasteiger partial charge on any atom is -0.469 e. The molecule has 0 aromatic carbocycles. The number of hydrogen-bond acceptors (Lipinski definition) is 3. The van der Waals surface area contributed by atoms with Crippen LogP contribution < -0.4 is 5.32 Å². The second kappa shape index (κ2) is 6.50. The third-order valence-electron chi connectivity index (χ3n) is 3.59. The van der Waals surface area contributed by atoms with Crippen LogP contribution in [0.25, 0.3) is 0 Å². The van der Waals surface area contributed by atoms with Gasteiger partial charge in [0, 0.05) is 23.8 Å². The first-order chi connectivity index (χ1) is 8.29. The largest absolute Gasteiger partial charge is 0.469 e. The molecule has 1 aromatic heterocycles. The van der Waals surface area contributed by atoms with Gasteiger partial charge >= 0.3 is 0 Å². The van der Waals surface area contributed by atoms with Crippen LogP contribution in [0, 0.1) is 0 Å². The van der Waals surface area contributed by atoms with Gasteiger partial charge in [0.25, 0.3) is 0 Å². The summed E-state index contributed by atoms with van der Waals surface area (Å²) in [6, 6.07) is 5.21. The first-order valence-electron chi connectivity index (χ1n) is 6.61. The number of thioether (sulfide) groups is 1. The number of nitrogens with one attached hydrogen (secondary N) is 1. The Morgan fingerprint density at radius 2 is 2.29 bits per heavy atom. The summed E-state index contributed by atoms with van der Waals surface area (Å²) in [4.78, 5) is 0. The topological polar surface area (TPSA) is 25.2 Å². The van der Waals surface area contributed by atoms with Crippen LogP contribution in [0.4, 0.5) is 0 Å². The first-order valence-corrected chi connectivity index (χ1v) is 7.89. The zero-order valence-corrected chi connectivity index (χ0v) is 11.6. The van der Waals surface area contributed by atoms with Gasteiger partial charge in [0.2, 0.25) is 0 Å². The van der Waals surface area contributed by atoms with Gasteiger partial charge in [-0.15, -0.1) is 0 Å². The lowest BCUT2D eigenvalue weighted by molar-refractivity contribution is 0.343. The molecule has 1 N–H and O–H groups in total. The Bertz CT molecular complexity index is 312. The molecule has 2 rings (SSSR count). The van der Waals surface area contributed by atoms with E-state index in [4.69, 9.17) is 4.42 Å². The lowest BCUT2D eigenvalue weighted by Crippen LogP contribution is -2.45. The molecule has 0 bridgehead atoms. The van der Waals surface area contributed by atoms with Crippen LogP contribution in [-0.4, -0.2) is 23.6 Å². The van der Waals surface area contributed by atoms with Crippen LogP contribution in [0.5, 0.6) is 0 Å². The summed E-state index contributed by atoms with van der Waals surface area (Å²) in [6.45, 7) is 2.26. The first kappa shape index (κ1) is 13.0. The van der Waals surface area contributed by atoms with Crippen molar-refractivity contribution in [1.82, 2.24) is 5.32 Å². The van der Waals surface area contributed by atoms with E-state index in [9.17, 15) is 0 Å². The van der Waals surface area contributed by atoms with Gasteiger partial charge in [-0.25, -0.2) is 0 Å². The van der Waals surface area contributed by atoms with Gasteiger partial charge in [-0.05, 0) is 38.2 Å². The summed E-state index contributed by atoms with van der Waals surface area (Å²) in [5.41, 5.74) is 0. The van der Waals surface area contributed by atoms with E-state index in [1.54, 1.807) is 6.26 Å². The Balaban J connectivity index is 1.82. The molecule has 3 unspecified atom stereocenters. The monoisotopic (exact) mass is 253 g/mol. The Morgan fingerprint density at radius 3 is 3.00 bits per heavy atom. The van der Waals surface area contributed by atoms with Crippen molar-refractivity contribution >= 4 is 11.8 Å². The maximum atomic E-state index is 5.40.